The standard InChI is InChI=1S/C28H36N6O5/c1-5-33(6-2)16-8-14-29-26(35)20-9-7-10-22(17-20)31-27-30-15-13-25(32-27)34(28(36)37)19-21-18-23(38-3)11-12-24(21)39-4/h7,9-13,15,17-18H,5-6,8,14,16,19H2,1-4H3,(H,29,35)(H,36,37)(H,30,31,32). The van der Waals surface area contributed by atoms with Gasteiger partial charge in [-0.05, 0) is 68.5 Å². The van der Waals surface area contributed by atoms with Crippen molar-refractivity contribution in [3.05, 3.63) is 65.9 Å². The van der Waals surface area contributed by atoms with Crippen LogP contribution < -0.4 is 25.0 Å². The predicted octanol–water partition coefficient (Wildman–Crippen LogP) is 4.38. The van der Waals surface area contributed by atoms with Gasteiger partial charge in [0, 0.05) is 29.6 Å². The Bertz CT molecular complexity index is 1250. The van der Waals surface area contributed by atoms with Crippen LogP contribution in [0.3, 0.4) is 0 Å². The van der Waals surface area contributed by atoms with E-state index in [1.807, 2.05) is 0 Å². The summed E-state index contributed by atoms with van der Waals surface area (Å²) < 4.78 is 10.7. The van der Waals surface area contributed by atoms with Gasteiger partial charge in [0.2, 0.25) is 5.95 Å². The molecule has 3 rings (SSSR count). The van der Waals surface area contributed by atoms with Crippen molar-refractivity contribution in [3.8, 4) is 11.5 Å². The van der Waals surface area contributed by atoms with Gasteiger partial charge >= 0.3 is 6.09 Å². The van der Waals surface area contributed by atoms with E-state index in [1.165, 1.54) is 26.5 Å². The molecule has 11 heteroatoms. The number of carboxylic acid groups (broad SMARTS) is 1. The summed E-state index contributed by atoms with van der Waals surface area (Å²) in [6, 6.07) is 13.7. The molecule has 0 spiro atoms. The van der Waals surface area contributed by atoms with Gasteiger partial charge in [-0.25, -0.2) is 9.78 Å². The van der Waals surface area contributed by atoms with E-state index < -0.39 is 6.09 Å². The fraction of sp³-hybridized carbons (Fsp3) is 0.357. The number of nitrogens with zero attached hydrogens (tertiary/aromatic N) is 4. The number of aromatic nitrogens is 2. The summed E-state index contributed by atoms with van der Waals surface area (Å²) in [5.74, 6) is 1.30. The number of amides is 2. The highest BCUT2D eigenvalue weighted by Crippen LogP contribution is 2.27. The maximum Gasteiger partial charge on any atom is 0.413 e. The van der Waals surface area contributed by atoms with Crippen molar-refractivity contribution in [2.24, 2.45) is 0 Å². The lowest BCUT2D eigenvalue weighted by atomic mass is 10.1. The van der Waals surface area contributed by atoms with Crippen molar-refractivity contribution in [1.29, 1.82) is 0 Å². The number of benzene rings is 2. The topological polar surface area (TPSA) is 129 Å². The Morgan fingerprint density at radius 1 is 1.03 bits per heavy atom. The fourth-order valence-electron chi connectivity index (χ4n) is 4.00. The monoisotopic (exact) mass is 536 g/mol. The summed E-state index contributed by atoms with van der Waals surface area (Å²) in [6.45, 7) is 7.72. The first-order valence-corrected chi connectivity index (χ1v) is 12.8. The zero-order chi connectivity index (χ0) is 28.2. The molecule has 0 aliphatic rings. The molecule has 0 unspecified atom stereocenters. The Morgan fingerprint density at radius 2 is 1.82 bits per heavy atom. The number of methoxy groups -OCH3 is 2. The van der Waals surface area contributed by atoms with Crippen LogP contribution in [-0.4, -0.2) is 72.4 Å². The lowest BCUT2D eigenvalue weighted by Crippen LogP contribution is -2.30. The first-order chi connectivity index (χ1) is 18.9. The van der Waals surface area contributed by atoms with Gasteiger partial charge in [0.1, 0.15) is 17.3 Å². The van der Waals surface area contributed by atoms with Crippen molar-refractivity contribution in [3.63, 3.8) is 0 Å². The van der Waals surface area contributed by atoms with E-state index >= 15 is 0 Å². The van der Waals surface area contributed by atoms with E-state index in [9.17, 15) is 14.7 Å². The Balaban J connectivity index is 1.71. The molecule has 0 aliphatic heterocycles. The summed E-state index contributed by atoms with van der Waals surface area (Å²) in [5.41, 5.74) is 1.71. The molecular weight excluding hydrogens is 500 g/mol. The second-order valence-electron chi connectivity index (χ2n) is 8.63. The second-order valence-corrected chi connectivity index (χ2v) is 8.63. The minimum absolute atomic E-state index is 0.0178. The third-order valence-electron chi connectivity index (χ3n) is 6.18. The lowest BCUT2D eigenvalue weighted by molar-refractivity contribution is 0.0951. The van der Waals surface area contributed by atoms with Gasteiger partial charge in [-0.15, -0.1) is 0 Å². The van der Waals surface area contributed by atoms with Gasteiger partial charge in [-0.2, -0.15) is 4.98 Å². The molecule has 11 nitrogen and oxygen atoms in total. The average molecular weight is 537 g/mol. The van der Waals surface area contributed by atoms with Crippen LogP contribution >= 0.6 is 0 Å². The van der Waals surface area contributed by atoms with Crippen LogP contribution in [0.2, 0.25) is 0 Å². The van der Waals surface area contributed by atoms with Crippen molar-refractivity contribution in [1.82, 2.24) is 20.2 Å². The molecule has 0 atom stereocenters. The van der Waals surface area contributed by atoms with Crippen molar-refractivity contribution in [2.75, 3.05) is 50.6 Å². The molecule has 2 amide bonds. The number of rotatable bonds is 14. The first-order valence-electron chi connectivity index (χ1n) is 12.8. The number of hydrogen-bond donors (Lipinski definition) is 3. The average Bonchev–Trinajstić information content (AvgIpc) is 2.95. The summed E-state index contributed by atoms with van der Waals surface area (Å²) in [5, 5.41) is 15.9. The number of hydrogen-bond acceptors (Lipinski definition) is 8. The maximum absolute atomic E-state index is 12.6. The maximum atomic E-state index is 12.6. The Labute approximate surface area is 228 Å². The molecule has 1 heterocycles. The molecule has 0 bridgehead atoms. The first kappa shape index (κ1) is 29.2. The van der Waals surface area contributed by atoms with Crippen LogP contribution in [0.4, 0.5) is 22.2 Å². The second kappa shape index (κ2) is 14.5. The van der Waals surface area contributed by atoms with Gasteiger partial charge in [0.05, 0.1) is 20.8 Å². The van der Waals surface area contributed by atoms with Crippen LogP contribution in [0.1, 0.15) is 36.2 Å². The highest BCUT2D eigenvalue weighted by Gasteiger charge is 2.20. The molecule has 0 fully saturated rings. The lowest BCUT2D eigenvalue weighted by Gasteiger charge is -2.20. The van der Waals surface area contributed by atoms with Crippen molar-refractivity contribution >= 4 is 29.5 Å². The van der Waals surface area contributed by atoms with Crippen molar-refractivity contribution < 1.29 is 24.2 Å². The van der Waals surface area contributed by atoms with Crippen LogP contribution in [0, 0.1) is 0 Å². The Kier molecular flexibility index (Phi) is 10.9. The molecule has 2 aromatic carbocycles. The normalized spacial score (nSPS) is 10.7. The summed E-state index contributed by atoms with van der Waals surface area (Å²) >= 11 is 0. The summed E-state index contributed by atoms with van der Waals surface area (Å²) in [7, 11) is 3.05. The highest BCUT2D eigenvalue weighted by atomic mass is 16.5. The van der Waals surface area contributed by atoms with E-state index in [0.717, 1.165) is 31.0 Å². The van der Waals surface area contributed by atoms with E-state index in [0.29, 0.717) is 34.9 Å². The van der Waals surface area contributed by atoms with Crippen LogP contribution in [0.25, 0.3) is 0 Å². The van der Waals surface area contributed by atoms with E-state index in [2.05, 4.69) is 39.3 Å². The van der Waals surface area contributed by atoms with Crippen LogP contribution in [-0.2, 0) is 6.54 Å². The molecule has 39 heavy (non-hydrogen) atoms. The largest absolute Gasteiger partial charge is 0.497 e. The molecular formula is C28H36N6O5. The molecule has 1 aromatic heterocycles. The van der Waals surface area contributed by atoms with E-state index in [-0.39, 0.29) is 24.2 Å². The molecule has 0 aliphatic carbocycles. The van der Waals surface area contributed by atoms with Gasteiger partial charge in [0.25, 0.3) is 5.91 Å². The van der Waals surface area contributed by atoms with Crippen LogP contribution in [0.15, 0.2) is 54.7 Å². The summed E-state index contributed by atoms with van der Waals surface area (Å²) in [4.78, 5) is 36.8. The molecule has 0 saturated heterocycles. The van der Waals surface area contributed by atoms with E-state index in [1.54, 1.807) is 42.5 Å². The third kappa shape index (κ3) is 8.30. The fourth-order valence-corrected chi connectivity index (χ4v) is 4.00. The molecule has 0 radical (unpaired) electrons. The summed E-state index contributed by atoms with van der Waals surface area (Å²) in [6.07, 6.45) is 1.15. The molecule has 0 saturated carbocycles. The van der Waals surface area contributed by atoms with Gasteiger partial charge in [0.15, 0.2) is 0 Å². The molecule has 3 aromatic rings. The minimum atomic E-state index is -1.19. The predicted molar refractivity (Wildman–Crippen MR) is 150 cm³/mol. The third-order valence-corrected chi connectivity index (χ3v) is 6.18. The quantitative estimate of drug-likeness (QED) is 0.257. The Hall–Kier alpha value is -4.38. The number of nitrogens with one attached hydrogen (secondary N) is 2. The number of carbonyl (C=O) groups is 2. The van der Waals surface area contributed by atoms with Gasteiger partial charge < -0.3 is 30.1 Å². The van der Waals surface area contributed by atoms with Gasteiger partial charge in [-0.3, -0.25) is 9.69 Å². The molecule has 208 valence electrons. The van der Waals surface area contributed by atoms with Crippen molar-refractivity contribution in [2.45, 2.75) is 26.8 Å². The number of ether oxygens (including phenoxy) is 2. The Morgan fingerprint density at radius 3 is 2.51 bits per heavy atom. The minimum Gasteiger partial charge on any atom is -0.497 e. The van der Waals surface area contributed by atoms with Crippen LogP contribution in [0.5, 0.6) is 11.5 Å². The number of carbonyl (C=O) groups excluding carboxylic acids is 1. The van der Waals surface area contributed by atoms with Gasteiger partial charge in [-0.1, -0.05) is 19.9 Å². The zero-order valence-corrected chi connectivity index (χ0v) is 22.8. The highest BCUT2D eigenvalue weighted by molar-refractivity contribution is 5.95. The molecule has 3 N–H and O–H groups in total. The number of anilines is 3. The zero-order valence-electron chi connectivity index (χ0n) is 22.8. The smallest absolute Gasteiger partial charge is 0.413 e. The SMILES string of the molecule is CCN(CC)CCCNC(=O)c1cccc(Nc2nccc(N(Cc3cc(OC)ccc3OC)C(=O)O)n2)c1. The van der Waals surface area contributed by atoms with E-state index in [4.69, 9.17) is 9.47 Å².